The van der Waals surface area contributed by atoms with E-state index in [4.69, 9.17) is 14.2 Å². The molecule has 4 aliphatic rings. The van der Waals surface area contributed by atoms with Crippen LogP contribution in [-0.4, -0.2) is 52.1 Å². The number of esters is 2. The van der Waals surface area contributed by atoms with Crippen LogP contribution in [0.5, 0.6) is 5.88 Å². The van der Waals surface area contributed by atoms with Crippen LogP contribution in [0.2, 0.25) is 0 Å². The molecule has 6 rings (SSSR count). The lowest BCUT2D eigenvalue weighted by atomic mass is 9.82. The van der Waals surface area contributed by atoms with Gasteiger partial charge in [0, 0.05) is 42.8 Å². The normalized spacial score (nSPS) is 25.7. The quantitative estimate of drug-likeness (QED) is 0.538. The van der Waals surface area contributed by atoms with Crippen LogP contribution in [0, 0.1) is 17.8 Å². The second-order valence-electron chi connectivity index (χ2n) is 7.54. The molecule has 3 fully saturated rings. The fraction of sp³-hybridized carbons (Fsp3) is 0.304. The van der Waals surface area contributed by atoms with Crippen LogP contribution in [0.3, 0.4) is 0 Å². The molecule has 8 nitrogen and oxygen atoms in total. The fourth-order valence-electron chi connectivity index (χ4n) is 4.16. The van der Waals surface area contributed by atoms with E-state index in [1.807, 2.05) is 35.2 Å². The van der Waals surface area contributed by atoms with Crippen molar-refractivity contribution >= 4 is 11.9 Å². The number of benzene rings is 1. The summed E-state index contributed by atoms with van der Waals surface area (Å²) in [6.07, 6.45) is 3.10. The maximum Gasteiger partial charge on any atom is 0.359 e. The lowest BCUT2D eigenvalue weighted by molar-refractivity contribution is -0.349. The van der Waals surface area contributed by atoms with Crippen LogP contribution in [0.15, 0.2) is 54.6 Å². The molecule has 3 saturated heterocycles. The predicted octanol–water partition coefficient (Wildman–Crippen LogP) is 1.66. The molecule has 1 aromatic heterocycles. The summed E-state index contributed by atoms with van der Waals surface area (Å²) in [6.45, 7) is 1.29. The molecule has 4 aliphatic heterocycles. The molecule has 0 aliphatic carbocycles. The zero-order valence-electron chi connectivity index (χ0n) is 16.6. The van der Waals surface area contributed by atoms with E-state index in [0.29, 0.717) is 18.8 Å². The van der Waals surface area contributed by atoms with Gasteiger partial charge in [0.1, 0.15) is 5.69 Å². The number of carbonyl (C=O) groups is 2. The molecule has 2 aromatic rings. The molecule has 1 spiro atoms. The van der Waals surface area contributed by atoms with E-state index in [2.05, 4.69) is 22.0 Å². The SMILES string of the molecule is O=C1C=CC(=O)OC2(O1)C(Oc1ccc(C#Cc3ccccc3)nn1)C1CCN2CC1. The van der Waals surface area contributed by atoms with Gasteiger partial charge in [-0.1, -0.05) is 24.1 Å². The van der Waals surface area contributed by atoms with Gasteiger partial charge in [-0.05, 0) is 37.0 Å². The zero-order valence-corrected chi connectivity index (χ0v) is 16.6. The van der Waals surface area contributed by atoms with E-state index in [0.717, 1.165) is 30.6 Å². The fourth-order valence-corrected chi connectivity index (χ4v) is 4.16. The Labute approximate surface area is 178 Å². The summed E-state index contributed by atoms with van der Waals surface area (Å²) in [4.78, 5) is 26.1. The Morgan fingerprint density at radius 2 is 1.65 bits per heavy atom. The Morgan fingerprint density at radius 1 is 0.935 bits per heavy atom. The number of piperidine rings is 3. The summed E-state index contributed by atoms with van der Waals surface area (Å²) in [7, 11) is 0. The highest BCUT2D eigenvalue weighted by Crippen LogP contribution is 2.43. The van der Waals surface area contributed by atoms with Crippen molar-refractivity contribution in [2.24, 2.45) is 5.92 Å². The lowest BCUT2D eigenvalue weighted by Crippen LogP contribution is -2.71. The van der Waals surface area contributed by atoms with Gasteiger partial charge >= 0.3 is 17.8 Å². The van der Waals surface area contributed by atoms with Crippen molar-refractivity contribution in [3.63, 3.8) is 0 Å². The van der Waals surface area contributed by atoms with Crippen LogP contribution < -0.4 is 4.74 Å². The third-order valence-electron chi connectivity index (χ3n) is 5.61. The Hall–Kier alpha value is -3.70. The number of ether oxygens (including phenoxy) is 3. The highest BCUT2D eigenvalue weighted by atomic mass is 16.8. The molecule has 0 N–H and O–H groups in total. The van der Waals surface area contributed by atoms with Crippen molar-refractivity contribution < 1.29 is 23.8 Å². The third kappa shape index (κ3) is 3.76. The van der Waals surface area contributed by atoms with Crippen LogP contribution in [0.1, 0.15) is 24.1 Å². The van der Waals surface area contributed by atoms with Gasteiger partial charge in [0.2, 0.25) is 5.88 Å². The summed E-state index contributed by atoms with van der Waals surface area (Å²) in [5.74, 6) is 3.37. The average molecular weight is 417 g/mol. The monoisotopic (exact) mass is 417 g/mol. The predicted molar refractivity (Wildman–Crippen MR) is 107 cm³/mol. The summed E-state index contributed by atoms with van der Waals surface area (Å²) >= 11 is 0. The minimum Gasteiger partial charge on any atom is -0.463 e. The van der Waals surface area contributed by atoms with Crippen molar-refractivity contribution in [2.75, 3.05) is 13.1 Å². The smallest absolute Gasteiger partial charge is 0.359 e. The summed E-state index contributed by atoms with van der Waals surface area (Å²) in [6, 6.07) is 12.9. The first-order valence-corrected chi connectivity index (χ1v) is 10.1. The van der Waals surface area contributed by atoms with E-state index >= 15 is 0 Å². The second kappa shape index (κ2) is 7.85. The number of fused-ring (bicyclic) bond motifs is 2. The molecule has 5 heterocycles. The van der Waals surface area contributed by atoms with Crippen molar-refractivity contribution in [1.82, 2.24) is 15.1 Å². The molecule has 31 heavy (non-hydrogen) atoms. The molecule has 2 bridgehead atoms. The first-order valence-electron chi connectivity index (χ1n) is 10.1. The number of aromatic nitrogens is 2. The van der Waals surface area contributed by atoms with Crippen molar-refractivity contribution in [3.8, 4) is 17.7 Å². The summed E-state index contributed by atoms with van der Waals surface area (Å²) < 4.78 is 17.3. The first-order chi connectivity index (χ1) is 15.1. The molecule has 0 radical (unpaired) electrons. The third-order valence-corrected chi connectivity index (χ3v) is 5.61. The van der Waals surface area contributed by atoms with Gasteiger partial charge < -0.3 is 14.2 Å². The molecular formula is C23H19N3O5. The van der Waals surface area contributed by atoms with Crippen molar-refractivity contribution in [2.45, 2.75) is 24.9 Å². The summed E-state index contributed by atoms with van der Waals surface area (Å²) in [5.41, 5.74) is 1.38. The summed E-state index contributed by atoms with van der Waals surface area (Å²) in [5, 5.41) is 8.23. The van der Waals surface area contributed by atoms with Crippen LogP contribution in [-0.2, 0) is 19.1 Å². The molecule has 1 aromatic carbocycles. The van der Waals surface area contributed by atoms with E-state index < -0.39 is 24.0 Å². The van der Waals surface area contributed by atoms with E-state index in [1.54, 1.807) is 12.1 Å². The number of rotatable bonds is 2. The second-order valence-corrected chi connectivity index (χ2v) is 7.54. The van der Waals surface area contributed by atoms with E-state index in [1.165, 1.54) is 0 Å². The van der Waals surface area contributed by atoms with Crippen LogP contribution >= 0.6 is 0 Å². The van der Waals surface area contributed by atoms with E-state index in [9.17, 15) is 9.59 Å². The zero-order chi connectivity index (χ0) is 21.3. The Bertz CT molecular complexity index is 1060. The van der Waals surface area contributed by atoms with Gasteiger partial charge in [0.25, 0.3) is 0 Å². The molecule has 156 valence electrons. The standard InChI is InChI=1S/C23H19N3O5/c27-20-10-11-21(28)31-23(30-20)22(17-12-14-26(23)15-13-17)29-19-9-8-18(24-25-19)7-6-16-4-2-1-3-5-16/h1-5,8-11,17,22H,12-15H2. The Morgan fingerprint density at radius 3 is 2.29 bits per heavy atom. The van der Waals surface area contributed by atoms with Gasteiger partial charge in [0.15, 0.2) is 6.10 Å². The van der Waals surface area contributed by atoms with Gasteiger partial charge in [-0.2, -0.15) is 0 Å². The van der Waals surface area contributed by atoms with Gasteiger partial charge in [-0.3, -0.25) is 0 Å². The Kier molecular flexibility index (Phi) is 4.88. The molecular weight excluding hydrogens is 398 g/mol. The minimum absolute atomic E-state index is 0.0445. The maximum absolute atomic E-state index is 12.1. The maximum atomic E-state index is 12.1. The number of hydrogen-bond donors (Lipinski definition) is 0. The van der Waals surface area contributed by atoms with Gasteiger partial charge in [-0.25, -0.2) is 14.5 Å². The number of carbonyl (C=O) groups excluding carboxylic acids is 2. The molecule has 1 atom stereocenters. The topological polar surface area (TPSA) is 90.9 Å². The molecule has 0 amide bonds. The van der Waals surface area contributed by atoms with Gasteiger partial charge in [0.05, 0.1) is 0 Å². The Balaban J connectivity index is 1.38. The van der Waals surface area contributed by atoms with E-state index in [-0.39, 0.29) is 11.8 Å². The molecule has 8 heteroatoms. The van der Waals surface area contributed by atoms with Crippen LogP contribution in [0.4, 0.5) is 0 Å². The number of nitrogens with zero attached hydrogens (tertiary/aromatic N) is 3. The van der Waals surface area contributed by atoms with Crippen molar-refractivity contribution in [1.29, 1.82) is 0 Å². The molecule has 1 unspecified atom stereocenters. The average Bonchev–Trinajstić information content (AvgIpc) is 2.95. The van der Waals surface area contributed by atoms with Crippen LogP contribution in [0.25, 0.3) is 0 Å². The first kappa shape index (κ1) is 19.3. The van der Waals surface area contributed by atoms with Crippen molar-refractivity contribution in [3.05, 3.63) is 65.9 Å². The lowest BCUT2D eigenvalue weighted by Gasteiger charge is -2.54. The minimum atomic E-state index is -1.60. The van der Waals surface area contributed by atoms with Gasteiger partial charge in [-0.15, -0.1) is 10.2 Å². The highest BCUT2D eigenvalue weighted by Gasteiger charge is 2.62. The highest BCUT2D eigenvalue weighted by molar-refractivity contribution is 5.93. The molecule has 0 saturated carbocycles. The largest absolute Gasteiger partial charge is 0.463 e. The number of hydrogen-bond acceptors (Lipinski definition) is 8.